The number of likely N-dealkylation sites (tertiary alicyclic amines) is 1. The Morgan fingerprint density at radius 3 is 2.87 bits per heavy atom. The van der Waals surface area contributed by atoms with E-state index in [1.165, 1.54) is 37.9 Å². The molecule has 0 amide bonds. The van der Waals surface area contributed by atoms with E-state index in [0.29, 0.717) is 6.42 Å². The summed E-state index contributed by atoms with van der Waals surface area (Å²) in [5.41, 5.74) is 4.22. The molecule has 3 aromatic rings. The van der Waals surface area contributed by atoms with Crippen molar-refractivity contribution in [2.45, 2.75) is 51.2 Å². The molecule has 0 spiro atoms. The molecule has 4 heterocycles. The largest absolute Gasteiger partial charge is 0.488 e. The molecule has 2 aromatic heterocycles. The van der Waals surface area contributed by atoms with Crippen LogP contribution in [0.5, 0.6) is 5.75 Å². The predicted molar refractivity (Wildman–Crippen MR) is 124 cm³/mol. The van der Waals surface area contributed by atoms with Crippen molar-refractivity contribution in [1.29, 1.82) is 0 Å². The van der Waals surface area contributed by atoms with E-state index < -0.39 is 6.10 Å². The van der Waals surface area contributed by atoms with Crippen LogP contribution in [0.3, 0.4) is 0 Å². The maximum absolute atomic E-state index is 10.3. The number of aromatic nitrogens is 1. The second kappa shape index (κ2) is 8.46. The second-order valence-corrected chi connectivity index (χ2v) is 9.91. The molecule has 158 valence electrons. The number of hydrogen-bond acceptors (Lipinski definition) is 5. The van der Waals surface area contributed by atoms with Crippen molar-refractivity contribution in [2.75, 3.05) is 19.6 Å². The van der Waals surface area contributed by atoms with E-state index in [-0.39, 0.29) is 6.10 Å². The van der Waals surface area contributed by atoms with Gasteiger partial charge in [0.15, 0.2) is 0 Å². The first kappa shape index (κ1) is 20.3. The van der Waals surface area contributed by atoms with Gasteiger partial charge in [0, 0.05) is 40.2 Å². The number of rotatable bonds is 5. The Bertz CT molecular complexity index is 1060. The van der Waals surface area contributed by atoms with Gasteiger partial charge in [-0.3, -0.25) is 9.88 Å². The topological polar surface area (TPSA) is 45.6 Å². The Kier molecular flexibility index (Phi) is 5.71. The molecule has 4 nitrogen and oxygen atoms in total. The molecule has 5 rings (SSSR count). The number of nitrogens with zero attached hydrogens (tertiary/aromatic N) is 2. The van der Waals surface area contributed by atoms with Crippen LogP contribution in [0.25, 0.3) is 21.3 Å². The molecule has 6 heteroatoms. The zero-order chi connectivity index (χ0) is 20.7. The summed E-state index contributed by atoms with van der Waals surface area (Å²) in [6.45, 7) is 5.31. The summed E-state index contributed by atoms with van der Waals surface area (Å²) in [5.74, 6) is 0.958. The third-order valence-corrected chi connectivity index (χ3v) is 7.69. The van der Waals surface area contributed by atoms with E-state index in [0.717, 1.165) is 50.0 Å². The van der Waals surface area contributed by atoms with Crippen LogP contribution in [0.1, 0.15) is 49.2 Å². The summed E-state index contributed by atoms with van der Waals surface area (Å²) in [5, 5.41) is 11.1. The Morgan fingerprint density at radius 1 is 1.23 bits per heavy atom. The van der Waals surface area contributed by atoms with Gasteiger partial charge in [0.05, 0.1) is 16.3 Å². The lowest BCUT2D eigenvalue weighted by Gasteiger charge is -2.28. The molecule has 0 bridgehead atoms. The number of pyridine rings is 1. The van der Waals surface area contributed by atoms with Gasteiger partial charge in [-0.25, -0.2) is 0 Å². The molecule has 2 aliphatic rings. The number of piperidine rings is 1. The highest BCUT2D eigenvalue weighted by molar-refractivity contribution is 7.19. The number of thiophene rings is 1. The molecule has 30 heavy (non-hydrogen) atoms. The fraction of sp³-hybridized carbons (Fsp3) is 0.458. The fourth-order valence-electron chi connectivity index (χ4n) is 4.66. The fourth-order valence-corrected chi connectivity index (χ4v) is 6.11. The summed E-state index contributed by atoms with van der Waals surface area (Å²) >= 11 is 8.14. The second-order valence-electron chi connectivity index (χ2n) is 8.39. The van der Waals surface area contributed by atoms with E-state index in [1.54, 1.807) is 11.3 Å². The standard InChI is InChI=1S/C24H27ClN2O2S/c1-2-21(28)22-13-20-24(30-22)18(6-7-26-20)19-12-16(25)10-15-11-17(29-23(15)19)14-27-8-4-3-5-9-27/h6-7,10,12-13,17,21,28H,2-5,8-9,11,14H2,1H3. The van der Waals surface area contributed by atoms with Crippen molar-refractivity contribution in [1.82, 2.24) is 9.88 Å². The molecule has 0 saturated carbocycles. The molecule has 2 atom stereocenters. The Morgan fingerprint density at radius 2 is 2.07 bits per heavy atom. The minimum Gasteiger partial charge on any atom is -0.488 e. The highest BCUT2D eigenvalue weighted by Crippen LogP contribution is 2.45. The van der Waals surface area contributed by atoms with Crippen molar-refractivity contribution in [3.05, 3.63) is 45.9 Å². The van der Waals surface area contributed by atoms with Gasteiger partial charge in [-0.05, 0) is 62.2 Å². The molecule has 1 aromatic carbocycles. The van der Waals surface area contributed by atoms with Gasteiger partial charge < -0.3 is 9.84 Å². The molecule has 2 aliphatic heterocycles. The van der Waals surface area contributed by atoms with Crippen molar-refractivity contribution < 1.29 is 9.84 Å². The van der Waals surface area contributed by atoms with Crippen LogP contribution in [0.2, 0.25) is 5.02 Å². The van der Waals surface area contributed by atoms with Gasteiger partial charge in [-0.1, -0.05) is 24.9 Å². The number of ether oxygens (including phenoxy) is 1. The maximum atomic E-state index is 10.3. The summed E-state index contributed by atoms with van der Waals surface area (Å²) in [7, 11) is 0. The highest BCUT2D eigenvalue weighted by atomic mass is 35.5. The van der Waals surface area contributed by atoms with Crippen molar-refractivity contribution in [3.63, 3.8) is 0 Å². The van der Waals surface area contributed by atoms with Gasteiger partial charge in [0.1, 0.15) is 11.9 Å². The van der Waals surface area contributed by atoms with Crippen LogP contribution in [0, 0.1) is 0 Å². The normalized spacial score (nSPS) is 20.3. The highest BCUT2D eigenvalue weighted by Gasteiger charge is 2.29. The molecule has 0 radical (unpaired) electrons. The monoisotopic (exact) mass is 442 g/mol. The molecule has 1 N–H and O–H groups in total. The van der Waals surface area contributed by atoms with Gasteiger partial charge in [0.25, 0.3) is 0 Å². The lowest BCUT2D eigenvalue weighted by molar-refractivity contribution is 0.134. The molecule has 1 saturated heterocycles. The minimum atomic E-state index is -0.452. The van der Waals surface area contributed by atoms with E-state index in [1.807, 2.05) is 31.3 Å². The van der Waals surface area contributed by atoms with Crippen LogP contribution in [-0.2, 0) is 6.42 Å². The summed E-state index contributed by atoms with van der Waals surface area (Å²) < 4.78 is 7.59. The number of fused-ring (bicyclic) bond motifs is 2. The molecule has 2 unspecified atom stereocenters. The minimum absolute atomic E-state index is 0.174. The van der Waals surface area contributed by atoms with Gasteiger partial charge in [-0.2, -0.15) is 0 Å². The zero-order valence-corrected chi connectivity index (χ0v) is 18.8. The number of aliphatic hydroxyl groups excluding tert-OH is 1. The first-order chi connectivity index (χ1) is 14.6. The lowest BCUT2D eigenvalue weighted by atomic mass is 10.0. The number of aliphatic hydroxyl groups is 1. The first-order valence-electron chi connectivity index (χ1n) is 10.9. The Hall–Kier alpha value is -1.66. The third-order valence-electron chi connectivity index (χ3n) is 6.21. The SMILES string of the molecule is CCC(O)c1cc2nccc(-c3cc(Cl)cc4c3OC(CN3CCCCC3)C4)c2s1. The van der Waals surface area contributed by atoms with Gasteiger partial charge >= 0.3 is 0 Å². The molecular formula is C24H27ClN2O2S. The summed E-state index contributed by atoms with van der Waals surface area (Å²) in [4.78, 5) is 8.02. The smallest absolute Gasteiger partial charge is 0.131 e. The first-order valence-corrected chi connectivity index (χ1v) is 12.1. The Labute approximate surface area is 186 Å². The zero-order valence-electron chi connectivity index (χ0n) is 17.2. The quantitative estimate of drug-likeness (QED) is 0.538. The molecule has 0 aliphatic carbocycles. The van der Waals surface area contributed by atoms with Crippen molar-refractivity contribution in [3.8, 4) is 16.9 Å². The molecular weight excluding hydrogens is 416 g/mol. The van der Waals surface area contributed by atoms with Gasteiger partial charge in [0.2, 0.25) is 0 Å². The maximum Gasteiger partial charge on any atom is 0.131 e. The average Bonchev–Trinajstić information content (AvgIpc) is 3.36. The van der Waals surface area contributed by atoms with E-state index in [2.05, 4.69) is 16.0 Å². The summed E-state index contributed by atoms with van der Waals surface area (Å²) in [6.07, 6.45) is 7.07. The van der Waals surface area contributed by atoms with Crippen LogP contribution < -0.4 is 4.74 Å². The van der Waals surface area contributed by atoms with Crippen LogP contribution >= 0.6 is 22.9 Å². The van der Waals surface area contributed by atoms with E-state index >= 15 is 0 Å². The Balaban J connectivity index is 1.50. The van der Waals surface area contributed by atoms with E-state index in [4.69, 9.17) is 16.3 Å². The third kappa shape index (κ3) is 3.84. The van der Waals surface area contributed by atoms with Gasteiger partial charge in [-0.15, -0.1) is 11.3 Å². The summed E-state index contributed by atoms with van der Waals surface area (Å²) in [6, 6.07) is 8.10. The van der Waals surface area contributed by atoms with Crippen LogP contribution in [0.15, 0.2) is 30.5 Å². The lowest BCUT2D eigenvalue weighted by Crippen LogP contribution is -2.38. The number of benzene rings is 1. The van der Waals surface area contributed by atoms with Crippen LogP contribution in [0.4, 0.5) is 0 Å². The van der Waals surface area contributed by atoms with Crippen molar-refractivity contribution in [2.24, 2.45) is 0 Å². The molecule has 1 fully saturated rings. The van der Waals surface area contributed by atoms with Crippen LogP contribution in [-0.4, -0.2) is 40.7 Å². The van der Waals surface area contributed by atoms with Crippen molar-refractivity contribution >= 4 is 33.2 Å². The number of halogens is 1. The van der Waals surface area contributed by atoms with E-state index in [9.17, 15) is 5.11 Å². The predicted octanol–water partition coefficient (Wildman–Crippen LogP) is 5.85. The average molecular weight is 443 g/mol. The number of hydrogen-bond donors (Lipinski definition) is 1.